The first-order valence-electron chi connectivity index (χ1n) is 20.8. The number of ketones is 5. The van der Waals surface area contributed by atoms with Gasteiger partial charge in [0.2, 0.25) is 5.91 Å². The van der Waals surface area contributed by atoms with Crippen LogP contribution in [0.4, 0.5) is 0 Å². The first-order chi connectivity index (χ1) is 30.1. The molecule has 0 bridgehead atoms. The summed E-state index contributed by atoms with van der Waals surface area (Å²) in [5.41, 5.74) is 0. The van der Waals surface area contributed by atoms with Crippen molar-refractivity contribution in [3.05, 3.63) is 0 Å². The van der Waals surface area contributed by atoms with Gasteiger partial charge in [-0.25, -0.2) is 0 Å². The van der Waals surface area contributed by atoms with E-state index in [0.717, 1.165) is 0 Å². The molecule has 0 aromatic carbocycles. The van der Waals surface area contributed by atoms with Crippen molar-refractivity contribution in [2.75, 3.05) is 67.8 Å². The molecule has 0 saturated carbocycles. The summed E-state index contributed by atoms with van der Waals surface area (Å²) in [6.07, 6.45) is 2.34. The molecule has 0 saturated heterocycles. The predicted octanol–water partition coefficient (Wildman–Crippen LogP) is 0.355. The summed E-state index contributed by atoms with van der Waals surface area (Å²) < 4.78 is 29.3. The van der Waals surface area contributed by atoms with Gasteiger partial charge in [0.25, 0.3) is 0 Å². The maximum absolute atomic E-state index is 11.7. The number of hydrogen-bond acceptors (Lipinski definition) is 21. The molecule has 22 nitrogen and oxygen atoms in total. The number of rotatable bonds is 33. The van der Waals surface area contributed by atoms with Crippen molar-refractivity contribution < 1.29 is 86.0 Å². The Morgan fingerprint density at radius 1 is 0.328 bits per heavy atom. The van der Waals surface area contributed by atoms with Crippen LogP contribution in [0.2, 0.25) is 0 Å². The zero-order valence-electron chi connectivity index (χ0n) is 38.8. The van der Waals surface area contributed by atoms with Gasteiger partial charge in [0.15, 0.2) is 0 Å². The summed E-state index contributed by atoms with van der Waals surface area (Å²) in [6, 6.07) is -1.70. The maximum atomic E-state index is 11.7. The summed E-state index contributed by atoms with van der Waals surface area (Å²) in [4.78, 5) is 134. The Bertz CT molecular complexity index is 1430. The average molecular weight is 919 g/mol. The number of hydrogen-bond donors (Lipinski definition) is 4. The first-order valence-corrected chi connectivity index (χ1v) is 20.8. The highest BCUT2D eigenvalue weighted by atomic mass is 16.6. The third kappa shape index (κ3) is 40.6. The van der Waals surface area contributed by atoms with Gasteiger partial charge in [-0.2, -0.15) is 0 Å². The van der Waals surface area contributed by atoms with Crippen LogP contribution >= 0.6 is 0 Å². The third-order valence-electron chi connectivity index (χ3n) is 8.22. The second kappa shape index (κ2) is 40.3. The number of likely N-dealkylation sites (N-methyl/N-ethyl adjacent to an activating group) is 3. The molecule has 0 aromatic heterocycles. The number of carbonyl (C=O) groups excluding carboxylic acids is 12. The van der Waals surface area contributed by atoms with Gasteiger partial charge < -0.3 is 73.7 Å². The summed E-state index contributed by atoms with van der Waals surface area (Å²) in [6.45, 7) is 6.77. The zero-order chi connectivity index (χ0) is 49.5. The Hall–Kier alpha value is -5.48. The first kappa shape index (κ1) is 62.8. The number of amides is 1. The van der Waals surface area contributed by atoms with Crippen LogP contribution in [0, 0.1) is 0 Å². The number of Topliss-reactive ketones (excluding diaryl/α,β-unsaturated/α-hetero) is 5. The number of esters is 6. The highest BCUT2D eigenvalue weighted by molar-refractivity contribution is 5.83. The molecular formula is C42H70N4O18. The molecule has 0 heterocycles. The van der Waals surface area contributed by atoms with E-state index in [4.69, 9.17) is 28.4 Å². The lowest BCUT2D eigenvalue weighted by Gasteiger charge is -2.14. The quantitative estimate of drug-likeness (QED) is 0.0392. The van der Waals surface area contributed by atoms with Gasteiger partial charge in [-0.3, -0.25) is 33.6 Å². The topological polar surface area (TPSA) is 308 Å². The van der Waals surface area contributed by atoms with Gasteiger partial charge in [-0.15, -0.1) is 0 Å². The molecule has 0 aliphatic rings. The van der Waals surface area contributed by atoms with Crippen LogP contribution in [0.1, 0.15) is 112 Å². The SMILES string of the molecule is CNC(=O)CCC(NC)C(=O)OCCOC(=O)CCC(C)=O.CNC(CCC(C)=O)C(=O)OCCOC(=O)CCC(C)=O.CNC(CCC(C)=O)C(=O)OCCOC(=O)CCC(C)=O. The Kier molecular flexibility index (Phi) is 39.6. The Morgan fingerprint density at radius 3 is 0.781 bits per heavy atom. The van der Waals surface area contributed by atoms with E-state index in [0.29, 0.717) is 32.1 Å². The van der Waals surface area contributed by atoms with Crippen molar-refractivity contribution in [2.45, 2.75) is 130 Å². The third-order valence-corrected chi connectivity index (χ3v) is 8.22. The fourth-order valence-electron chi connectivity index (χ4n) is 4.48. The fraction of sp³-hybridized carbons (Fsp3) is 0.714. The molecule has 4 N–H and O–H groups in total. The standard InChI is InChI=1S/C14H24N2O6.2C14H23NO6/c1-10(17)4-7-13(19)21-8-9-22-14(20)11(15-2)5-6-12(18)16-3;2*1-10(16)4-6-12(15-3)14(19)21-9-8-20-13(18)7-5-11(2)17/h11,15H,4-9H2,1-3H3,(H,16,18);2*12,15H,4-9H2,1-3H3. The van der Waals surface area contributed by atoms with Crippen molar-refractivity contribution >= 4 is 70.6 Å². The smallest absolute Gasteiger partial charge is 0.323 e. The zero-order valence-corrected chi connectivity index (χ0v) is 38.8. The summed E-state index contributed by atoms with van der Waals surface area (Å²) in [7, 11) is 6.33. The molecule has 3 atom stereocenters. The molecular weight excluding hydrogens is 848 g/mol. The molecule has 22 heteroatoms. The summed E-state index contributed by atoms with van der Waals surface area (Å²) >= 11 is 0. The molecule has 0 rings (SSSR count). The van der Waals surface area contributed by atoms with E-state index >= 15 is 0 Å². The molecule has 0 spiro atoms. The summed E-state index contributed by atoms with van der Waals surface area (Å²) in [5.74, 6) is -3.39. The van der Waals surface area contributed by atoms with Gasteiger partial charge in [0.1, 0.15) is 86.7 Å². The largest absolute Gasteiger partial charge is 0.462 e. The van der Waals surface area contributed by atoms with E-state index in [1.165, 1.54) is 41.7 Å². The highest BCUT2D eigenvalue weighted by Gasteiger charge is 2.21. The van der Waals surface area contributed by atoms with Crippen LogP contribution in [0.5, 0.6) is 0 Å². The molecule has 64 heavy (non-hydrogen) atoms. The summed E-state index contributed by atoms with van der Waals surface area (Å²) in [5, 5.41) is 10.8. The van der Waals surface area contributed by atoms with Crippen molar-refractivity contribution in [3.8, 4) is 0 Å². The second-order valence-electron chi connectivity index (χ2n) is 14.0. The molecule has 0 radical (unpaired) electrons. The highest BCUT2D eigenvalue weighted by Crippen LogP contribution is 2.04. The van der Waals surface area contributed by atoms with E-state index in [1.807, 2.05) is 0 Å². The molecule has 0 aliphatic heterocycles. The molecule has 1 amide bonds. The lowest BCUT2D eigenvalue weighted by atomic mass is 10.1. The maximum Gasteiger partial charge on any atom is 0.323 e. The van der Waals surface area contributed by atoms with Crippen LogP contribution in [-0.4, -0.2) is 157 Å². The van der Waals surface area contributed by atoms with Crippen LogP contribution < -0.4 is 21.3 Å². The van der Waals surface area contributed by atoms with E-state index in [1.54, 1.807) is 21.1 Å². The normalized spacial score (nSPS) is 11.5. The lowest BCUT2D eigenvalue weighted by Crippen LogP contribution is -2.37. The molecule has 0 aliphatic carbocycles. The van der Waals surface area contributed by atoms with Crippen molar-refractivity contribution in [3.63, 3.8) is 0 Å². The number of nitrogens with one attached hydrogen (secondary N) is 4. The predicted molar refractivity (Wildman–Crippen MR) is 227 cm³/mol. The van der Waals surface area contributed by atoms with E-state index in [-0.39, 0.29) is 119 Å². The second-order valence-corrected chi connectivity index (χ2v) is 14.0. The number of carbonyl (C=O) groups is 12. The van der Waals surface area contributed by atoms with E-state index < -0.39 is 53.9 Å². The fourth-order valence-corrected chi connectivity index (χ4v) is 4.48. The molecule has 0 fully saturated rings. The Morgan fingerprint density at radius 2 is 0.562 bits per heavy atom. The van der Waals surface area contributed by atoms with Crippen LogP contribution in [0.25, 0.3) is 0 Å². The van der Waals surface area contributed by atoms with Crippen molar-refractivity contribution in [1.82, 2.24) is 21.3 Å². The van der Waals surface area contributed by atoms with Crippen LogP contribution in [0.15, 0.2) is 0 Å². The average Bonchev–Trinajstić information content (AvgIpc) is 3.23. The van der Waals surface area contributed by atoms with Gasteiger partial charge in [-0.05, 0) is 75.0 Å². The van der Waals surface area contributed by atoms with Crippen LogP contribution in [0.3, 0.4) is 0 Å². The van der Waals surface area contributed by atoms with Gasteiger partial charge >= 0.3 is 35.8 Å². The molecule has 3 unspecified atom stereocenters. The van der Waals surface area contributed by atoms with Gasteiger partial charge in [0, 0.05) is 45.6 Å². The van der Waals surface area contributed by atoms with E-state index in [9.17, 15) is 57.5 Å². The monoisotopic (exact) mass is 918 g/mol. The molecule has 0 aromatic rings. The van der Waals surface area contributed by atoms with Gasteiger partial charge in [0.05, 0.1) is 19.3 Å². The number of ether oxygens (including phenoxy) is 6. The Balaban J connectivity index is -0.000000872. The lowest BCUT2D eigenvalue weighted by molar-refractivity contribution is -0.154. The Labute approximate surface area is 375 Å². The minimum atomic E-state index is -0.592. The van der Waals surface area contributed by atoms with Crippen LogP contribution in [-0.2, 0) is 86.0 Å². The van der Waals surface area contributed by atoms with E-state index in [2.05, 4.69) is 21.3 Å². The van der Waals surface area contributed by atoms with Gasteiger partial charge in [-0.1, -0.05) is 0 Å². The van der Waals surface area contributed by atoms with Crippen molar-refractivity contribution in [1.29, 1.82) is 0 Å². The minimum Gasteiger partial charge on any atom is -0.462 e. The van der Waals surface area contributed by atoms with Crippen molar-refractivity contribution in [2.24, 2.45) is 0 Å². The molecule has 366 valence electrons. The minimum absolute atomic E-state index is 0.00227.